The van der Waals surface area contributed by atoms with E-state index in [0.29, 0.717) is 6.61 Å². The Labute approximate surface area is 139 Å². The molecule has 3 aromatic rings. The fourth-order valence-corrected chi connectivity index (χ4v) is 2.97. The Balaban J connectivity index is 1.42. The topological polar surface area (TPSA) is 74.1 Å². The van der Waals surface area contributed by atoms with Gasteiger partial charge in [0.15, 0.2) is 17.1 Å². The molecule has 0 radical (unpaired) electrons. The van der Waals surface area contributed by atoms with Crippen molar-refractivity contribution < 1.29 is 9.47 Å². The highest BCUT2D eigenvalue weighted by Gasteiger charge is 2.20. The van der Waals surface area contributed by atoms with Crippen molar-refractivity contribution >= 4 is 16.9 Å². The first-order valence-electron chi connectivity index (χ1n) is 7.99. The average molecular weight is 325 g/mol. The monoisotopic (exact) mass is 325 g/mol. The van der Waals surface area contributed by atoms with Crippen LogP contribution >= 0.6 is 0 Å². The van der Waals surface area contributed by atoms with Crippen LogP contribution in [0, 0.1) is 6.92 Å². The van der Waals surface area contributed by atoms with Gasteiger partial charge >= 0.3 is 0 Å². The van der Waals surface area contributed by atoms with Gasteiger partial charge in [-0.25, -0.2) is 9.97 Å². The van der Waals surface area contributed by atoms with Crippen LogP contribution in [0.3, 0.4) is 0 Å². The van der Waals surface area contributed by atoms with Gasteiger partial charge in [0.05, 0.1) is 11.1 Å². The predicted octanol–water partition coefficient (Wildman–Crippen LogP) is 2.31. The van der Waals surface area contributed by atoms with E-state index in [1.165, 1.54) is 0 Å². The minimum atomic E-state index is 0.0275. The second-order valence-electron chi connectivity index (χ2n) is 5.84. The molecular formula is C17H19N5O2. The zero-order valence-electron chi connectivity index (χ0n) is 13.7. The number of nitrogens with one attached hydrogen (secondary N) is 1. The summed E-state index contributed by atoms with van der Waals surface area (Å²) in [5, 5.41) is 8.74. The van der Waals surface area contributed by atoms with Crippen LogP contribution in [-0.2, 0) is 7.05 Å². The molecule has 2 aromatic heterocycles. The van der Waals surface area contributed by atoms with Crippen LogP contribution in [0.4, 0.5) is 5.82 Å². The van der Waals surface area contributed by atoms with Gasteiger partial charge in [-0.3, -0.25) is 4.68 Å². The maximum atomic E-state index is 5.97. The van der Waals surface area contributed by atoms with Crippen LogP contribution in [0.25, 0.3) is 11.0 Å². The summed E-state index contributed by atoms with van der Waals surface area (Å²) in [6, 6.07) is 7.75. The Bertz CT molecular complexity index is 877. The Hall–Kier alpha value is -2.83. The van der Waals surface area contributed by atoms with Crippen LogP contribution in [-0.4, -0.2) is 39.0 Å². The number of para-hydroxylation sites is 2. The number of rotatable bonds is 4. The molecular weight excluding hydrogens is 306 g/mol. The molecule has 0 unspecified atom stereocenters. The second kappa shape index (κ2) is 5.99. The molecule has 1 atom stereocenters. The van der Waals surface area contributed by atoms with Gasteiger partial charge in [-0.2, -0.15) is 5.10 Å². The largest absolute Gasteiger partial charge is 0.486 e. The number of ether oxygens (including phenoxy) is 2. The molecule has 1 aromatic carbocycles. The van der Waals surface area contributed by atoms with Gasteiger partial charge in [-0.15, -0.1) is 0 Å². The molecule has 3 heterocycles. The standard InChI is InChI=1S/C17H19N5O2/c1-11-15-16(19-10-20-17(15)22(2)21-11)18-8-7-12-9-23-13-5-3-4-6-14(13)24-12/h3-6,10,12H,7-9H2,1-2H3,(H,18,19,20)/t12-/m1/s1. The van der Waals surface area contributed by atoms with E-state index in [-0.39, 0.29) is 6.10 Å². The molecule has 1 aliphatic heterocycles. The Morgan fingerprint density at radius 2 is 2.08 bits per heavy atom. The van der Waals surface area contributed by atoms with Crippen LogP contribution in [0.2, 0.25) is 0 Å². The van der Waals surface area contributed by atoms with Crippen molar-refractivity contribution in [1.29, 1.82) is 0 Å². The van der Waals surface area contributed by atoms with E-state index in [0.717, 1.165) is 47.0 Å². The maximum absolute atomic E-state index is 5.97. The molecule has 7 heteroatoms. The summed E-state index contributed by atoms with van der Waals surface area (Å²) in [6.07, 6.45) is 2.40. The molecule has 24 heavy (non-hydrogen) atoms. The highest BCUT2D eigenvalue weighted by atomic mass is 16.6. The summed E-state index contributed by atoms with van der Waals surface area (Å²) in [7, 11) is 1.89. The van der Waals surface area contributed by atoms with Crippen molar-refractivity contribution in [3.63, 3.8) is 0 Å². The SMILES string of the molecule is Cc1nn(C)c2ncnc(NCC[C@@H]3COc4ccccc4O3)c12. The first-order chi connectivity index (χ1) is 11.7. The fourth-order valence-electron chi connectivity index (χ4n) is 2.97. The number of aryl methyl sites for hydroxylation is 2. The first kappa shape index (κ1) is 14.7. The smallest absolute Gasteiger partial charge is 0.163 e. The second-order valence-corrected chi connectivity index (χ2v) is 5.84. The molecule has 4 rings (SSSR count). The molecule has 1 N–H and O–H groups in total. The van der Waals surface area contributed by atoms with Crippen molar-refractivity contribution in [3.8, 4) is 11.5 Å². The number of nitrogens with zero attached hydrogens (tertiary/aromatic N) is 4. The highest BCUT2D eigenvalue weighted by Crippen LogP contribution is 2.31. The molecule has 7 nitrogen and oxygen atoms in total. The summed E-state index contributed by atoms with van der Waals surface area (Å²) in [5.41, 5.74) is 1.75. The van der Waals surface area contributed by atoms with E-state index in [1.54, 1.807) is 11.0 Å². The minimum absolute atomic E-state index is 0.0275. The molecule has 0 fully saturated rings. The van der Waals surface area contributed by atoms with Gasteiger partial charge in [-0.05, 0) is 19.1 Å². The summed E-state index contributed by atoms with van der Waals surface area (Å²) < 4.78 is 13.5. The number of aromatic nitrogens is 4. The number of benzene rings is 1. The van der Waals surface area contributed by atoms with Crippen molar-refractivity contribution in [2.24, 2.45) is 7.05 Å². The summed E-state index contributed by atoms with van der Waals surface area (Å²) in [5.74, 6) is 2.43. The third-order valence-electron chi connectivity index (χ3n) is 4.12. The molecule has 124 valence electrons. The van der Waals surface area contributed by atoms with E-state index < -0.39 is 0 Å². The van der Waals surface area contributed by atoms with Crippen LogP contribution in [0.5, 0.6) is 11.5 Å². The molecule has 0 amide bonds. The number of anilines is 1. The van der Waals surface area contributed by atoms with Crippen LogP contribution in [0.1, 0.15) is 12.1 Å². The number of hydrogen-bond donors (Lipinski definition) is 1. The number of hydrogen-bond acceptors (Lipinski definition) is 6. The molecule has 0 bridgehead atoms. The lowest BCUT2D eigenvalue weighted by Gasteiger charge is -2.26. The highest BCUT2D eigenvalue weighted by molar-refractivity contribution is 5.88. The van der Waals surface area contributed by atoms with E-state index in [4.69, 9.17) is 9.47 Å². The maximum Gasteiger partial charge on any atom is 0.163 e. The number of fused-ring (bicyclic) bond motifs is 2. The first-order valence-corrected chi connectivity index (χ1v) is 7.99. The summed E-state index contributed by atoms with van der Waals surface area (Å²) in [6.45, 7) is 3.26. The Kier molecular flexibility index (Phi) is 3.68. The van der Waals surface area contributed by atoms with E-state index >= 15 is 0 Å². The van der Waals surface area contributed by atoms with Crippen molar-refractivity contribution in [3.05, 3.63) is 36.3 Å². The zero-order valence-corrected chi connectivity index (χ0v) is 13.7. The van der Waals surface area contributed by atoms with Crippen LogP contribution < -0.4 is 14.8 Å². The van der Waals surface area contributed by atoms with Gasteiger partial charge in [0.2, 0.25) is 0 Å². The molecule has 0 spiro atoms. The van der Waals surface area contributed by atoms with Gasteiger partial charge in [-0.1, -0.05) is 12.1 Å². The van der Waals surface area contributed by atoms with Gasteiger partial charge in [0.1, 0.15) is 24.9 Å². The fraction of sp³-hybridized carbons (Fsp3) is 0.353. The lowest BCUT2D eigenvalue weighted by Crippen LogP contribution is -2.31. The summed E-state index contributed by atoms with van der Waals surface area (Å²) in [4.78, 5) is 8.64. The third-order valence-corrected chi connectivity index (χ3v) is 4.12. The van der Waals surface area contributed by atoms with E-state index in [9.17, 15) is 0 Å². The third kappa shape index (κ3) is 2.62. The minimum Gasteiger partial charge on any atom is -0.486 e. The lowest BCUT2D eigenvalue weighted by atomic mass is 10.2. The van der Waals surface area contributed by atoms with E-state index in [1.807, 2.05) is 38.2 Å². The lowest BCUT2D eigenvalue weighted by molar-refractivity contribution is 0.0873. The van der Waals surface area contributed by atoms with E-state index in [2.05, 4.69) is 20.4 Å². The molecule has 0 aliphatic carbocycles. The van der Waals surface area contributed by atoms with Gasteiger partial charge in [0.25, 0.3) is 0 Å². The zero-order chi connectivity index (χ0) is 16.5. The Morgan fingerprint density at radius 3 is 2.96 bits per heavy atom. The van der Waals surface area contributed by atoms with Crippen molar-refractivity contribution in [2.75, 3.05) is 18.5 Å². The Morgan fingerprint density at radius 1 is 1.25 bits per heavy atom. The van der Waals surface area contributed by atoms with Gasteiger partial charge in [0, 0.05) is 20.0 Å². The summed E-state index contributed by atoms with van der Waals surface area (Å²) >= 11 is 0. The predicted molar refractivity (Wildman–Crippen MR) is 90.5 cm³/mol. The van der Waals surface area contributed by atoms with Crippen molar-refractivity contribution in [2.45, 2.75) is 19.4 Å². The quantitative estimate of drug-likeness (QED) is 0.793. The van der Waals surface area contributed by atoms with Crippen LogP contribution in [0.15, 0.2) is 30.6 Å². The molecule has 0 saturated heterocycles. The normalized spacial score (nSPS) is 16.3. The van der Waals surface area contributed by atoms with Crippen molar-refractivity contribution in [1.82, 2.24) is 19.7 Å². The average Bonchev–Trinajstić information content (AvgIpc) is 2.90. The van der Waals surface area contributed by atoms with Gasteiger partial charge < -0.3 is 14.8 Å². The molecule has 1 aliphatic rings. The molecule has 0 saturated carbocycles.